The van der Waals surface area contributed by atoms with Crippen molar-refractivity contribution in [3.8, 4) is 0 Å². The third kappa shape index (κ3) is 3.34. The summed E-state index contributed by atoms with van der Waals surface area (Å²) in [7, 11) is -4.02. The van der Waals surface area contributed by atoms with Crippen LogP contribution in [0, 0.1) is 12.7 Å². The molecule has 2 N–H and O–H groups in total. The largest absolute Gasteiger partial charge is 0.478 e. The number of carboxylic acid groups (broad SMARTS) is 1. The fourth-order valence-corrected chi connectivity index (χ4v) is 2.61. The van der Waals surface area contributed by atoms with Crippen LogP contribution in [-0.2, 0) is 10.0 Å². The van der Waals surface area contributed by atoms with Crippen molar-refractivity contribution in [2.24, 2.45) is 0 Å². The summed E-state index contributed by atoms with van der Waals surface area (Å²) in [5.41, 5.74) is 0.143. The number of hydrogen-bond acceptors (Lipinski definition) is 4. The predicted molar refractivity (Wildman–Crippen MR) is 73.1 cm³/mol. The number of anilines is 1. The molecule has 1 aromatic carbocycles. The summed E-state index contributed by atoms with van der Waals surface area (Å²) >= 11 is 0. The number of aromatic carboxylic acids is 1. The lowest BCUT2D eigenvalue weighted by molar-refractivity contribution is 0.0696. The van der Waals surface area contributed by atoms with E-state index in [1.807, 2.05) is 0 Å². The number of nitrogens with zero attached hydrogens (tertiary/aromatic N) is 1. The number of halogens is 1. The van der Waals surface area contributed by atoms with Crippen LogP contribution in [0.3, 0.4) is 0 Å². The maximum atomic E-state index is 13.4. The Morgan fingerprint density at radius 3 is 2.62 bits per heavy atom. The first-order valence-electron chi connectivity index (χ1n) is 5.77. The topological polar surface area (TPSA) is 96.4 Å². The molecule has 1 aromatic heterocycles. The van der Waals surface area contributed by atoms with Crippen LogP contribution in [0.4, 0.5) is 10.1 Å². The smallest absolute Gasteiger partial charge is 0.337 e. The number of hydrogen-bond donors (Lipinski definition) is 2. The van der Waals surface area contributed by atoms with Crippen molar-refractivity contribution in [1.82, 2.24) is 4.98 Å². The second-order valence-electron chi connectivity index (χ2n) is 4.28. The Bertz CT molecular complexity index is 806. The van der Waals surface area contributed by atoms with Crippen molar-refractivity contribution in [1.29, 1.82) is 0 Å². The molecule has 2 aromatic rings. The number of carboxylic acids is 1. The van der Waals surface area contributed by atoms with Gasteiger partial charge in [-0.15, -0.1) is 0 Å². The minimum absolute atomic E-state index is 0.0177. The molecule has 110 valence electrons. The molecule has 0 spiro atoms. The molecule has 8 heteroatoms. The Morgan fingerprint density at radius 1 is 1.29 bits per heavy atom. The summed E-state index contributed by atoms with van der Waals surface area (Å²) in [5.74, 6) is -1.87. The molecular formula is C13H11FN2O4S. The van der Waals surface area contributed by atoms with Crippen LogP contribution >= 0.6 is 0 Å². The van der Waals surface area contributed by atoms with Gasteiger partial charge in [0.25, 0.3) is 10.0 Å². The summed E-state index contributed by atoms with van der Waals surface area (Å²) in [5, 5.41) is 8.82. The van der Waals surface area contributed by atoms with E-state index in [2.05, 4.69) is 9.71 Å². The van der Waals surface area contributed by atoms with Crippen molar-refractivity contribution in [3.05, 3.63) is 53.6 Å². The SMILES string of the molecule is Cc1ccc(S(=O)(=O)Nc2cncc(C(=O)O)c2)cc1F. The van der Waals surface area contributed by atoms with Crippen molar-refractivity contribution < 1.29 is 22.7 Å². The first kappa shape index (κ1) is 14.9. The summed E-state index contributed by atoms with van der Waals surface area (Å²) in [6.07, 6.45) is 2.25. The number of pyridine rings is 1. The number of rotatable bonds is 4. The monoisotopic (exact) mass is 310 g/mol. The van der Waals surface area contributed by atoms with Crippen LogP contribution in [0.25, 0.3) is 0 Å². The molecule has 21 heavy (non-hydrogen) atoms. The van der Waals surface area contributed by atoms with Gasteiger partial charge in [0.2, 0.25) is 0 Å². The molecule has 0 amide bonds. The Hall–Kier alpha value is -2.48. The molecule has 0 aliphatic heterocycles. The van der Waals surface area contributed by atoms with Gasteiger partial charge in [0.1, 0.15) is 5.82 Å². The third-order valence-electron chi connectivity index (χ3n) is 2.69. The summed E-state index contributed by atoms with van der Waals surface area (Å²) in [6, 6.07) is 4.62. The fourth-order valence-electron chi connectivity index (χ4n) is 1.57. The maximum Gasteiger partial charge on any atom is 0.337 e. The van der Waals surface area contributed by atoms with Gasteiger partial charge >= 0.3 is 5.97 Å². The molecule has 0 aliphatic rings. The first-order valence-corrected chi connectivity index (χ1v) is 7.25. The van der Waals surface area contributed by atoms with Gasteiger partial charge in [0, 0.05) is 6.20 Å². The molecule has 1 heterocycles. The van der Waals surface area contributed by atoms with E-state index in [9.17, 15) is 17.6 Å². The van der Waals surface area contributed by atoms with Gasteiger partial charge in [0.15, 0.2) is 0 Å². The van der Waals surface area contributed by atoms with E-state index in [1.165, 1.54) is 19.1 Å². The highest BCUT2D eigenvalue weighted by Crippen LogP contribution is 2.18. The first-order chi connectivity index (χ1) is 9.79. The van der Waals surface area contributed by atoms with Crippen LogP contribution in [-0.4, -0.2) is 24.5 Å². The Morgan fingerprint density at radius 2 is 2.00 bits per heavy atom. The molecule has 0 bridgehead atoms. The molecule has 2 rings (SSSR count). The Balaban J connectivity index is 2.35. The number of nitrogens with one attached hydrogen (secondary N) is 1. The van der Waals surface area contributed by atoms with Gasteiger partial charge < -0.3 is 5.11 Å². The highest BCUT2D eigenvalue weighted by Gasteiger charge is 2.16. The Labute approximate surface area is 120 Å². The number of carbonyl (C=O) groups is 1. The fraction of sp³-hybridized carbons (Fsp3) is 0.0769. The minimum Gasteiger partial charge on any atom is -0.478 e. The van der Waals surface area contributed by atoms with Gasteiger partial charge in [-0.2, -0.15) is 0 Å². The van der Waals surface area contributed by atoms with Crippen LogP contribution in [0.1, 0.15) is 15.9 Å². The zero-order valence-corrected chi connectivity index (χ0v) is 11.7. The molecule has 0 unspecified atom stereocenters. The van der Waals surface area contributed by atoms with Crippen LogP contribution < -0.4 is 4.72 Å². The van der Waals surface area contributed by atoms with Gasteiger partial charge in [-0.3, -0.25) is 9.71 Å². The van der Waals surface area contributed by atoms with E-state index in [-0.39, 0.29) is 16.1 Å². The van der Waals surface area contributed by atoms with Crippen molar-refractivity contribution in [2.45, 2.75) is 11.8 Å². The number of sulfonamides is 1. The highest BCUT2D eigenvalue weighted by atomic mass is 32.2. The quantitative estimate of drug-likeness (QED) is 0.900. The van der Waals surface area contributed by atoms with E-state index in [4.69, 9.17) is 5.11 Å². The van der Waals surface area contributed by atoms with Crippen LogP contribution in [0.5, 0.6) is 0 Å². The van der Waals surface area contributed by atoms with E-state index >= 15 is 0 Å². The normalized spacial score (nSPS) is 11.1. The molecule has 6 nitrogen and oxygen atoms in total. The van der Waals surface area contributed by atoms with Gasteiger partial charge in [0.05, 0.1) is 22.3 Å². The predicted octanol–water partition coefficient (Wildman–Crippen LogP) is 2.03. The zero-order chi connectivity index (χ0) is 15.6. The molecule has 0 saturated heterocycles. The maximum absolute atomic E-state index is 13.4. The van der Waals surface area contributed by atoms with Crippen molar-refractivity contribution in [2.75, 3.05) is 4.72 Å². The molecule has 0 aliphatic carbocycles. The van der Waals surface area contributed by atoms with E-state index < -0.39 is 21.8 Å². The standard InChI is InChI=1S/C13H11FN2O4S/c1-8-2-3-11(5-12(8)14)21(19,20)16-10-4-9(13(17)18)6-15-7-10/h2-7,16H,1H3,(H,17,18). The molecule has 0 saturated carbocycles. The molecule has 0 fully saturated rings. The zero-order valence-electron chi connectivity index (χ0n) is 10.9. The number of benzene rings is 1. The second-order valence-corrected chi connectivity index (χ2v) is 5.97. The van der Waals surface area contributed by atoms with Crippen LogP contribution in [0.2, 0.25) is 0 Å². The van der Waals surface area contributed by atoms with E-state index in [0.29, 0.717) is 5.56 Å². The molecular weight excluding hydrogens is 299 g/mol. The van der Waals surface area contributed by atoms with Crippen LogP contribution in [0.15, 0.2) is 41.6 Å². The lowest BCUT2D eigenvalue weighted by atomic mass is 10.2. The lowest BCUT2D eigenvalue weighted by Gasteiger charge is -2.09. The third-order valence-corrected chi connectivity index (χ3v) is 4.07. The average molecular weight is 310 g/mol. The van der Waals surface area contributed by atoms with E-state index in [0.717, 1.165) is 24.5 Å². The molecule has 0 atom stereocenters. The summed E-state index contributed by atoms with van der Waals surface area (Å²) in [4.78, 5) is 14.2. The van der Waals surface area contributed by atoms with Gasteiger partial charge in [-0.1, -0.05) is 6.07 Å². The lowest BCUT2D eigenvalue weighted by Crippen LogP contribution is -2.14. The number of aryl methyl sites for hydroxylation is 1. The van der Waals surface area contributed by atoms with Crippen molar-refractivity contribution in [3.63, 3.8) is 0 Å². The highest BCUT2D eigenvalue weighted by molar-refractivity contribution is 7.92. The molecule has 0 radical (unpaired) electrons. The van der Waals surface area contributed by atoms with Gasteiger partial charge in [-0.05, 0) is 30.7 Å². The van der Waals surface area contributed by atoms with Crippen molar-refractivity contribution >= 4 is 21.7 Å². The van der Waals surface area contributed by atoms with E-state index in [1.54, 1.807) is 0 Å². The summed E-state index contributed by atoms with van der Waals surface area (Å²) < 4.78 is 39.8. The Kier molecular flexibility index (Phi) is 3.90. The summed E-state index contributed by atoms with van der Waals surface area (Å²) in [6.45, 7) is 1.51. The average Bonchev–Trinajstić information content (AvgIpc) is 2.41. The number of aromatic nitrogens is 1. The minimum atomic E-state index is -4.02. The van der Waals surface area contributed by atoms with Gasteiger partial charge in [-0.25, -0.2) is 17.6 Å². The second kappa shape index (κ2) is 5.49.